The Hall–Kier alpha value is -0.120. The van der Waals surface area contributed by atoms with Gasteiger partial charge in [-0.3, -0.25) is 0 Å². The Kier molecular flexibility index (Phi) is 4.83. The van der Waals surface area contributed by atoms with Crippen molar-refractivity contribution in [2.24, 2.45) is 5.92 Å². The van der Waals surface area contributed by atoms with E-state index in [1.807, 2.05) is 0 Å². The van der Waals surface area contributed by atoms with Crippen molar-refractivity contribution in [1.29, 1.82) is 0 Å². The summed E-state index contributed by atoms with van der Waals surface area (Å²) < 4.78 is 11.8. The van der Waals surface area contributed by atoms with Crippen molar-refractivity contribution in [3.05, 3.63) is 0 Å². The van der Waals surface area contributed by atoms with E-state index in [2.05, 4.69) is 19.2 Å². The molecule has 2 aliphatic carbocycles. The van der Waals surface area contributed by atoms with Gasteiger partial charge in [0.1, 0.15) is 0 Å². The van der Waals surface area contributed by atoms with Crippen LogP contribution in [0.4, 0.5) is 0 Å². The van der Waals surface area contributed by atoms with Crippen molar-refractivity contribution in [3.8, 4) is 0 Å². The molecule has 100 valence electrons. The van der Waals surface area contributed by atoms with Gasteiger partial charge in [-0.1, -0.05) is 26.7 Å². The van der Waals surface area contributed by atoms with E-state index < -0.39 is 0 Å². The van der Waals surface area contributed by atoms with Crippen LogP contribution in [0.15, 0.2) is 0 Å². The van der Waals surface area contributed by atoms with Crippen molar-refractivity contribution in [3.63, 3.8) is 0 Å². The first-order valence-electron chi connectivity index (χ1n) is 7.16. The van der Waals surface area contributed by atoms with Crippen LogP contribution in [-0.2, 0) is 9.47 Å². The van der Waals surface area contributed by atoms with Crippen LogP contribution < -0.4 is 5.32 Å². The maximum atomic E-state index is 6.21. The van der Waals surface area contributed by atoms with Gasteiger partial charge in [-0.25, -0.2) is 0 Å². The molecule has 5 unspecified atom stereocenters. The predicted molar refractivity (Wildman–Crippen MR) is 69.2 cm³/mol. The zero-order valence-electron chi connectivity index (χ0n) is 11.4. The largest absolute Gasteiger partial charge is 0.377 e. The number of hydrogen-bond donors (Lipinski definition) is 1. The third-order valence-corrected chi connectivity index (χ3v) is 4.24. The summed E-state index contributed by atoms with van der Waals surface area (Å²) in [5.74, 6) is 0.833. The maximum Gasteiger partial charge on any atom is 0.0987 e. The van der Waals surface area contributed by atoms with E-state index >= 15 is 0 Å². The maximum absolute atomic E-state index is 6.21. The predicted octanol–water partition coefficient (Wildman–Crippen LogP) is 2.35. The molecule has 0 aromatic carbocycles. The molecule has 0 aliphatic heterocycles. The van der Waals surface area contributed by atoms with Gasteiger partial charge >= 0.3 is 0 Å². The van der Waals surface area contributed by atoms with E-state index in [9.17, 15) is 0 Å². The number of nitrogens with one attached hydrogen (secondary N) is 1. The molecule has 2 rings (SSSR count). The number of likely N-dealkylation sites (N-methyl/N-ethyl adjacent to an activating group) is 1. The van der Waals surface area contributed by atoms with Crippen LogP contribution in [-0.4, -0.2) is 38.0 Å². The lowest BCUT2D eigenvalue weighted by atomic mass is 9.83. The fourth-order valence-corrected chi connectivity index (χ4v) is 3.24. The Morgan fingerprint density at radius 1 is 1.24 bits per heavy atom. The van der Waals surface area contributed by atoms with Crippen molar-refractivity contribution >= 4 is 0 Å². The third kappa shape index (κ3) is 3.21. The molecule has 2 fully saturated rings. The highest BCUT2D eigenvalue weighted by atomic mass is 16.5. The highest BCUT2D eigenvalue weighted by molar-refractivity contribution is 4.97. The number of ether oxygens (including phenoxy) is 2. The van der Waals surface area contributed by atoms with Gasteiger partial charge in [-0.2, -0.15) is 0 Å². The molecule has 2 saturated carbocycles. The molecule has 0 bridgehead atoms. The molecule has 0 aromatic rings. The van der Waals surface area contributed by atoms with Crippen molar-refractivity contribution in [2.45, 2.75) is 70.3 Å². The van der Waals surface area contributed by atoms with Crippen molar-refractivity contribution in [2.75, 3.05) is 13.7 Å². The standard InChI is InChI=1S/C14H27NO2/c1-4-15-12-9-13(14(12)16-3)17-11-7-5-6-10(2)8-11/h10-15H,4-9H2,1-3H3. The lowest BCUT2D eigenvalue weighted by Crippen LogP contribution is -2.60. The monoisotopic (exact) mass is 241 g/mol. The number of methoxy groups -OCH3 is 1. The zero-order chi connectivity index (χ0) is 12.3. The minimum atomic E-state index is 0.257. The third-order valence-electron chi connectivity index (χ3n) is 4.24. The molecule has 0 heterocycles. The highest BCUT2D eigenvalue weighted by Crippen LogP contribution is 2.33. The summed E-state index contributed by atoms with van der Waals surface area (Å²) in [5, 5.41) is 3.45. The smallest absolute Gasteiger partial charge is 0.0987 e. The fraction of sp³-hybridized carbons (Fsp3) is 1.00. The molecule has 0 saturated heterocycles. The van der Waals surface area contributed by atoms with Crippen molar-refractivity contribution < 1.29 is 9.47 Å². The Balaban J connectivity index is 1.76. The van der Waals surface area contributed by atoms with Gasteiger partial charge in [0.25, 0.3) is 0 Å². The van der Waals surface area contributed by atoms with E-state index in [1.165, 1.54) is 25.7 Å². The topological polar surface area (TPSA) is 30.5 Å². The summed E-state index contributed by atoms with van der Waals surface area (Å²) in [5.41, 5.74) is 0. The molecule has 5 atom stereocenters. The molecule has 3 heteroatoms. The molecule has 0 radical (unpaired) electrons. The average Bonchev–Trinajstić information content (AvgIpc) is 2.28. The van der Waals surface area contributed by atoms with E-state index in [0.717, 1.165) is 18.9 Å². The normalized spacial score (nSPS) is 42.2. The van der Waals surface area contributed by atoms with Gasteiger partial charge in [0.05, 0.1) is 18.3 Å². The van der Waals surface area contributed by atoms with E-state index in [-0.39, 0.29) is 6.10 Å². The van der Waals surface area contributed by atoms with Gasteiger partial charge in [0.15, 0.2) is 0 Å². The van der Waals surface area contributed by atoms with Gasteiger partial charge in [-0.15, -0.1) is 0 Å². The minimum absolute atomic E-state index is 0.257. The molecule has 0 spiro atoms. The number of hydrogen-bond acceptors (Lipinski definition) is 3. The highest BCUT2D eigenvalue weighted by Gasteiger charge is 2.43. The van der Waals surface area contributed by atoms with E-state index in [0.29, 0.717) is 18.2 Å². The lowest BCUT2D eigenvalue weighted by molar-refractivity contribution is -0.164. The van der Waals surface area contributed by atoms with Crippen LogP contribution in [0.1, 0.15) is 46.0 Å². The molecule has 2 aliphatic rings. The van der Waals surface area contributed by atoms with Crippen LogP contribution in [0.3, 0.4) is 0 Å². The average molecular weight is 241 g/mol. The summed E-state index contributed by atoms with van der Waals surface area (Å²) in [6, 6.07) is 0.496. The van der Waals surface area contributed by atoms with Gasteiger partial charge < -0.3 is 14.8 Å². The summed E-state index contributed by atoms with van der Waals surface area (Å²) >= 11 is 0. The number of rotatable bonds is 5. The summed E-state index contributed by atoms with van der Waals surface area (Å²) in [6.07, 6.45) is 7.33. The van der Waals surface area contributed by atoms with Crippen molar-refractivity contribution in [1.82, 2.24) is 5.32 Å². The Labute approximate surface area is 105 Å². The first-order valence-corrected chi connectivity index (χ1v) is 7.16. The molecular weight excluding hydrogens is 214 g/mol. The molecule has 0 aromatic heterocycles. The van der Waals surface area contributed by atoms with Gasteiger partial charge in [0.2, 0.25) is 0 Å². The SMILES string of the molecule is CCNC1CC(OC2CCCC(C)C2)C1OC. The van der Waals surface area contributed by atoms with Crippen LogP contribution in [0, 0.1) is 5.92 Å². The quantitative estimate of drug-likeness (QED) is 0.801. The van der Waals surface area contributed by atoms with Crippen LogP contribution in [0.5, 0.6) is 0 Å². The van der Waals surface area contributed by atoms with E-state index in [4.69, 9.17) is 9.47 Å². The van der Waals surface area contributed by atoms with E-state index in [1.54, 1.807) is 7.11 Å². The van der Waals surface area contributed by atoms with Crippen LogP contribution in [0.2, 0.25) is 0 Å². The minimum Gasteiger partial charge on any atom is -0.377 e. The molecule has 1 N–H and O–H groups in total. The Morgan fingerprint density at radius 3 is 2.71 bits per heavy atom. The molecule has 17 heavy (non-hydrogen) atoms. The first-order chi connectivity index (χ1) is 8.24. The first kappa shape index (κ1) is 13.3. The second-order valence-corrected chi connectivity index (χ2v) is 5.67. The Bertz CT molecular complexity index is 234. The van der Waals surface area contributed by atoms with Gasteiger partial charge in [-0.05, 0) is 31.7 Å². The summed E-state index contributed by atoms with van der Waals surface area (Å²) in [6.45, 7) is 5.49. The van der Waals surface area contributed by atoms with Gasteiger partial charge in [0, 0.05) is 13.2 Å². The summed E-state index contributed by atoms with van der Waals surface area (Å²) in [4.78, 5) is 0. The lowest BCUT2D eigenvalue weighted by Gasteiger charge is -2.45. The molecule has 0 amide bonds. The van der Waals surface area contributed by atoms with Crippen LogP contribution in [0.25, 0.3) is 0 Å². The molecular formula is C14H27NO2. The molecule has 3 nitrogen and oxygen atoms in total. The second kappa shape index (κ2) is 6.17. The second-order valence-electron chi connectivity index (χ2n) is 5.67. The summed E-state index contributed by atoms with van der Waals surface area (Å²) in [7, 11) is 1.80. The zero-order valence-corrected chi connectivity index (χ0v) is 11.4. The fourth-order valence-electron chi connectivity index (χ4n) is 3.24. The van der Waals surface area contributed by atoms with Crippen LogP contribution >= 0.6 is 0 Å². The Morgan fingerprint density at radius 2 is 2.06 bits per heavy atom.